The normalized spacial score (nSPS) is 18.7. The Balaban J connectivity index is 1.59. The largest absolute Gasteiger partial charge is 0.357 e. The quantitative estimate of drug-likeness (QED) is 0.543. The van der Waals surface area contributed by atoms with Gasteiger partial charge in [0, 0.05) is 25.5 Å². The lowest BCUT2D eigenvalue weighted by molar-refractivity contribution is 0.383. The van der Waals surface area contributed by atoms with E-state index in [2.05, 4.69) is 33.4 Å². The van der Waals surface area contributed by atoms with Gasteiger partial charge in [0.15, 0.2) is 11.2 Å². The molecule has 164 valence electrons. The van der Waals surface area contributed by atoms with Gasteiger partial charge in [0.05, 0.1) is 24.3 Å². The molecule has 6 nitrogen and oxygen atoms in total. The maximum absolute atomic E-state index is 7.42. The summed E-state index contributed by atoms with van der Waals surface area (Å²) in [7, 11) is 2.03. The van der Waals surface area contributed by atoms with Crippen molar-refractivity contribution in [3.63, 3.8) is 0 Å². The molecule has 1 saturated heterocycles. The second kappa shape index (κ2) is 7.74. The molecule has 0 radical (unpaired) electrons. The van der Waals surface area contributed by atoms with E-state index in [1.807, 2.05) is 39.2 Å². The molecule has 2 aromatic heterocycles. The van der Waals surface area contributed by atoms with Gasteiger partial charge in [-0.2, -0.15) is 0 Å². The van der Waals surface area contributed by atoms with Crippen LogP contribution in [0.4, 0.5) is 11.5 Å². The fourth-order valence-electron chi connectivity index (χ4n) is 4.97. The molecule has 1 atom stereocenters. The average Bonchev–Trinajstić information content (AvgIpc) is 3.56. The zero-order valence-corrected chi connectivity index (χ0v) is 19.4. The van der Waals surface area contributed by atoms with Crippen LogP contribution in [0.1, 0.15) is 55.6 Å². The van der Waals surface area contributed by atoms with E-state index in [-0.39, 0.29) is 6.04 Å². The molecule has 2 fully saturated rings. The van der Waals surface area contributed by atoms with Crippen LogP contribution in [-0.2, 0) is 7.05 Å². The van der Waals surface area contributed by atoms with Crippen LogP contribution in [0, 0.1) is 25.8 Å². The molecule has 0 N–H and O–H groups in total. The topological polar surface area (TPSA) is 50.7 Å². The zero-order valence-electron chi connectivity index (χ0n) is 19.4. The Kier molecular flexibility index (Phi) is 5.00. The van der Waals surface area contributed by atoms with Crippen molar-refractivity contribution in [3.05, 3.63) is 64.3 Å². The van der Waals surface area contributed by atoms with Crippen LogP contribution in [0.2, 0.25) is 0 Å². The van der Waals surface area contributed by atoms with Crippen LogP contribution in [0.25, 0.3) is 15.7 Å². The smallest absolute Gasteiger partial charge is 0.190 e. The number of nitrogens with zero attached hydrogens (tertiary/aromatic N) is 6. The summed E-state index contributed by atoms with van der Waals surface area (Å²) in [5, 5.41) is 1.03. The monoisotopic (exact) mass is 426 g/mol. The molecule has 0 amide bonds. The van der Waals surface area contributed by atoms with Gasteiger partial charge in [-0.3, -0.25) is 4.99 Å². The van der Waals surface area contributed by atoms with Crippen LogP contribution in [0.15, 0.2) is 35.5 Å². The highest BCUT2D eigenvalue weighted by Gasteiger charge is 2.44. The van der Waals surface area contributed by atoms with E-state index in [9.17, 15) is 0 Å². The Hall–Kier alpha value is -3.20. The number of piperidine rings is 1. The standard InChI is InChI=1S/C26H30N6/c1-17-20(7-6-8-22(17)27-4)18(2)29-25-21-15-24(28-16-23(21)31(5)19(3)30-25)32-13-11-26(9-10-26)12-14-32/h6-8,15-16,18H,9-14H2,1-3,5H3/t18-/m1/s1. The Labute approximate surface area is 189 Å². The summed E-state index contributed by atoms with van der Waals surface area (Å²) in [4.78, 5) is 20.8. The van der Waals surface area contributed by atoms with Crippen LogP contribution in [0.5, 0.6) is 0 Å². The molecule has 32 heavy (non-hydrogen) atoms. The van der Waals surface area contributed by atoms with Crippen LogP contribution < -0.4 is 10.4 Å². The van der Waals surface area contributed by atoms with Gasteiger partial charge in [-0.15, -0.1) is 0 Å². The van der Waals surface area contributed by atoms with Crippen molar-refractivity contribution >= 4 is 22.4 Å². The number of pyridine rings is 1. The first-order valence-electron chi connectivity index (χ1n) is 11.5. The van der Waals surface area contributed by atoms with Crippen molar-refractivity contribution < 1.29 is 0 Å². The van der Waals surface area contributed by atoms with Gasteiger partial charge >= 0.3 is 0 Å². The van der Waals surface area contributed by atoms with Gasteiger partial charge in [0.2, 0.25) is 0 Å². The number of anilines is 1. The Bertz CT molecular complexity index is 1300. The van der Waals surface area contributed by atoms with Crippen LogP contribution in [-0.4, -0.2) is 27.6 Å². The van der Waals surface area contributed by atoms with Gasteiger partial charge in [-0.25, -0.2) is 14.8 Å². The summed E-state index contributed by atoms with van der Waals surface area (Å²) in [5.41, 5.74) is 5.17. The number of aryl methyl sites for hydroxylation is 2. The summed E-state index contributed by atoms with van der Waals surface area (Å²) >= 11 is 0. The van der Waals surface area contributed by atoms with Gasteiger partial charge in [0.1, 0.15) is 11.6 Å². The molecule has 1 aliphatic carbocycles. The van der Waals surface area contributed by atoms with Crippen LogP contribution >= 0.6 is 0 Å². The molecular weight excluding hydrogens is 396 g/mol. The summed E-state index contributed by atoms with van der Waals surface area (Å²) in [6.07, 6.45) is 7.32. The van der Waals surface area contributed by atoms with E-state index >= 15 is 0 Å². The lowest BCUT2D eigenvalue weighted by Gasteiger charge is -2.33. The number of benzene rings is 1. The van der Waals surface area contributed by atoms with E-state index in [1.165, 1.54) is 25.7 Å². The molecule has 3 aromatic rings. The summed E-state index contributed by atoms with van der Waals surface area (Å²) in [5.74, 6) is 1.92. The van der Waals surface area contributed by atoms with Gasteiger partial charge in [0.25, 0.3) is 0 Å². The first kappa shape index (κ1) is 20.7. The van der Waals surface area contributed by atoms with Gasteiger partial charge < -0.3 is 9.47 Å². The lowest BCUT2D eigenvalue weighted by atomic mass is 9.94. The van der Waals surface area contributed by atoms with E-state index in [4.69, 9.17) is 21.5 Å². The number of rotatable bonds is 3. The first-order valence-corrected chi connectivity index (χ1v) is 11.5. The minimum absolute atomic E-state index is 0.0965. The van der Waals surface area contributed by atoms with Crippen LogP contribution in [0.3, 0.4) is 0 Å². The molecule has 1 aliphatic heterocycles. The Morgan fingerprint density at radius 1 is 1.16 bits per heavy atom. The molecule has 3 heterocycles. The molecule has 6 heteroatoms. The van der Waals surface area contributed by atoms with Crippen molar-refractivity contribution in [2.45, 2.75) is 52.5 Å². The third-order valence-electron chi connectivity index (χ3n) is 7.56. The lowest BCUT2D eigenvalue weighted by Crippen LogP contribution is -2.35. The molecule has 5 rings (SSSR count). The highest BCUT2D eigenvalue weighted by molar-refractivity contribution is 5.80. The van der Waals surface area contributed by atoms with Crippen molar-refractivity contribution in [3.8, 4) is 0 Å². The zero-order chi connectivity index (χ0) is 22.5. The molecule has 1 aromatic carbocycles. The number of fused-ring (bicyclic) bond motifs is 1. The molecule has 1 spiro atoms. The van der Waals surface area contributed by atoms with Gasteiger partial charge in [-0.1, -0.05) is 18.2 Å². The van der Waals surface area contributed by atoms with E-state index in [0.717, 1.165) is 52.2 Å². The number of hydrogen-bond donors (Lipinski definition) is 0. The third kappa shape index (κ3) is 3.56. The van der Waals surface area contributed by atoms with E-state index in [1.54, 1.807) is 0 Å². The summed E-state index contributed by atoms with van der Waals surface area (Å²) in [6.45, 7) is 15.7. The maximum atomic E-state index is 7.42. The molecule has 2 aliphatic rings. The van der Waals surface area contributed by atoms with Crippen molar-refractivity contribution in [2.24, 2.45) is 17.5 Å². The Morgan fingerprint density at radius 3 is 2.59 bits per heavy atom. The SMILES string of the molecule is [C-]#[N+]c1cccc([C@@H](C)N=c2nc(C)n(C)c3cnc(N4CCC5(CC4)CC5)cc23)c1C. The summed E-state index contributed by atoms with van der Waals surface area (Å²) < 4.78 is 2.08. The number of hydrogen-bond acceptors (Lipinski definition) is 4. The predicted molar refractivity (Wildman–Crippen MR) is 128 cm³/mol. The van der Waals surface area contributed by atoms with Gasteiger partial charge in [-0.05, 0) is 69.1 Å². The predicted octanol–water partition coefficient (Wildman–Crippen LogP) is 5.18. The highest BCUT2D eigenvalue weighted by Crippen LogP contribution is 2.53. The number of aromatic nitrogens is 3. The fraction of sp³-hybridized carbons (Fsp3) is 0.462. The maximum Gasteiger partial charge on any atom is 0.190 e. The minimum Gasteiger partial charge on any atom is -0.357 e. The van der Waals surface area contributed by atoms with E-state index in [0.29, 0.717) is 11.1 Å². The fourth-order valence-corrected chi connectivity index (χ4v) is 4.97. The highest BCUT2D eigenvalue weighted by atomic mass is 15.2. The average molecular weight is 427 g/mol. The third-order valence-corrected chi connectivity index (χ3v) is 7.56. The molecule has 1 saturated carbocycles. The summed E-state index contributed by atoms with van der Waals surface area (Å²) in [6, 6.07) is 7.93. The molecule has 0 unspecified atom stereocenters. The first-order chi connectivity index (χ1) is 15.4. The second-order valence-electron chi connectivity index (χ2n) is 9.50. The molecular formula is C26H30N6. The van der Waals surface area contributed by atoms with Crippen molar-refractivity contribution in [1.29, 1.82) is 0 Å². The minimum atomic E-state index is -0.0965. The Morgan fingerprint density at radius 2 is 1.91 bits per heavy atom. The second-order valence-corrected chi connectivity index (χ2v) is 9.50. The van der Waals surface area contributed by atoms with Crippen molar-refractivity contribution in [2.75, 3.05) is 18.0 Å². The van der Waals surface area contributed by atoms with Crippen molar-refractivity contribution in [1.82, 2.24) is 14.5 Å². The molecule has 0 bridgehead atoms. The van der Waals surface area contributed by atoms with E-state index < -0.39 is 0 Å².